The van der Waals surface area contributed by atoms with Gasteiger partial charge in [0, 0.05) is 0 Å². The van der Waals surface area contributed by atoms with Gasteiger partial charge < -0.3 is 12.4 Å². The summed E-state index contributed by atoms with van der Waals surface area (Å²) in [6.45, 7) is 3.46. The summed E-state index contributed by atoms with van der Waals surface area (Å²) in [6, 6.07) is 0. The lowest BCUT2D eigenvalue weighted by Gasteiger charge is -2.03. The summed E-state index contributed by atoms with van der Waals surface area (Å²) in [4.78, 5) is 3.10. The predicted molar refractivity (Wildman–Crippen MR) is 101 cm³/mol. The molecule has 0 saturated heterocycles. The molecule has 0 saturated carbocycles. The van der Waals surface area contributed by atoms with Crippen molar-refractivity contribution in [3.63, 3.8) is 0 Å². The Bertz CT molecular complexity index is 325. The van der Waals surface area contributed by atoms with Gasteiger partial charge in [0.15, 0.2) is 0 Å². The van der Waals surface area contributed by atoms with Gasteiger partial charge in [-0.15, -0.1) is 0 Å². The SMILES string of the molecule is CCCCCCCCCCCCCCCCCC[n+]1cc[nH]c1.[Cl-]. The molecule has 0 bridgehead atoms. The van der Waals surface area contributed by atoms with E-state index in [4.69, 9.17) is 0 Å². The Labute approximate surface area is 157 Å². The molecule has 0 fully saturated rings. The Morgan fingerprint density at radius 3 is 1.42 bits per heavy atom. The van der Waals surface area contributed by atoms with Crippen LogP contribution in [-0.4, -0.2) is 4.98 Å². The lowest BCUT2D eigenvalue weighted by molar-refractivity contribution is -0.696. The smallest absolute Gasteiger partial charge is 0.241 e. The molecule has 0 aromatic carbocycles. The van der Waals surface area contributed by atoms with Crippen LogP contribution in [0.4, 0.5) is 0 Å². The zero-order chi connectivity index (χ0) is 16.4. The second-order valence-electron chi connectivity index (χ2n) is 7.15. The van der Waals surface area contributed by atoms with Crippen molar-refractivity contribution < 1.29 is 17.0 Å². The van der Waals surface area contributed by atoms with Crippen molar-refractivity contribution in [3.05, 3.63) is 18.7 Å². The van der Waals surface area contributed by atoms with Crippen LogP contribution in [0.15, 0.2) is 18.7 Å². The Kier molecular flexibility index (Phi) is 18.4. The monoisotopic (exact) mass is 356 g/mol. The fourth-order valence-electron chi connectivity index (χ4n) is 3.30. The van der Waals surface area contributed by atoms with E-state index in [9.17, 15) is 0 Å². The second-order valence-corrected chi connectivity index (χ2v) is 7.15. The van der Waals surface area contributed by atoms with Gasteiger partial charge in [0.05, 0.1) is 6.54 Å². The van der Waals surface area contributed by atoms with Crippen molar-refractivity contribution in [3.8, 4) is 0 Å². The van der Waals surface area contributed by atoms with Gasteiger partial charge in [-0.2, -0.15) is 0 Å². The van der Waals surface area contributed by atoms with Crippen LogP contribution in [0.1, 0.15) is 110 Å². The molecule has 0 atom stereocenters. The molecule has 0 unspecified atom stereocenters. The molecule has 0 aliphatic rings. The number of H-pyrrole nitrogens is 1. The molecule has 142 valence electrons. The van der Waals surface area contributed by atoms with E-state index in [1.807, 2.05) is 12.5 Å². The van der Waals surface area contributed by atoms with E-state index in [0.29, 0.717) is 0 Å². The summed E-state index contributed by atoms with van der Waals surface area (Å²) in [5, 5.41) is 0. The van der Waals surface area contributed by atoms with E-state index in [-0.39, 0.29) is 12.4 Å². The number of hydrogen-bond acceptors (Lipinski definition) is 0. The molecule has 0 amide bonds. The fraction of sp³-hybridized carbons (Fsp3) is 0.857. The van der Waals surface area contributed by atoms with E-state index in [1.54, 1.807) is 0 Å². The fourth-order valence-corrected chi connectivity index (χ4v) is 3.30. The number of rotatable bonds is 17. The van der Waals surface area contributed by atoms with Crippen LogP contribution in [0, 0.1) is 0 Å². The number of nitrogens with one attached hydrogen (secondary N) is 1. The van der Waals surface area contributed by atoms with Gasteiger partial charge in [0.25, 0.3) is 0 Å². The highest BCUT2D eigenvalue weighted by molar-refractivity contribution is 4.55. The van der Waals surface area contributed by atoms with Crippen LogP contribution >= 0.6 is 0 Å². The first-order valence-electron chi connectivity index (χ1n) is 10.5. The normalized spacial score (nSPS) is 10.7. The third-order valence-electron chi connectivity index (χ3n) is 4.87. The first-order chi connectivity index (χ1) is 11.4. The summed E-state index contributed by atoms with van der Waals surface area (Å²) in [5.41, 5.74) is 0. The summed E-state index contributed by atoms with van der Waals surface area (Å²) in [7, 11) is 0. The third kappa shape index (κ3) is 15.1. The summed E-state index contributed by atoms with van der Waals surface area (Å²) in [6.07, 6.45) is 29.2. The number of unbranched alkanes of at least 4 members (excludes halogenated alkanes) is 15. The maximum Gasteiger partial charge on any atom is 0.241 e. The maximum atomic E-state index is 3.10. The molecule has 1 N–H and O–H groups in total. The molecule has 3 heteroatoms. The zero-order valence-corrected chi connectivity index (χ0v) is 16.8. The molecule has 0 aliphatic heterocycles. The number of imidazole rings is 1. The van der Waals surface area contributed by atoms with Crippen LogP contribution < -0.4 is 17.0 Å². The lowest BCUT2D eigenvalue weighted by atomic mass is 10.0. The molecule has 1 heterocycles. The molecule has 2 nitrogen and oxygen atoms in total. The van der Waals surface area contributed by atoms with Crippen LogP contribution in [0.25, 0.3) is 0 Å². The summed E-state index contributed by atoms with van der Waals surface area (Å²) in [5.74, 6) is 0. The first kappa shape index (κ1) is 23.5. The van der Waals surface area contributed by atoms with Gasteiger partial charge in [-0.3, -0.25) is 4.98 Å². The van der Waals surface area contributed by atoms with Crippen LogP contribution in [0.5, 0.6) is 0 Å². The molecule has 0 spiro atoms. The van der Waals surface area contributed by atoms with E-state index in [1.165, 1.54) is 109 Å². The number of halogens is 1. The van der Waals surface area contributed by atoms with Crippen molar-refractivity contribution in [1.29, 1.82) is 0 Å². The number of aromatic nitrogens is 2. The van der Waals surface area contributed by atoms with Gasteiger partial charge in [0.2, 0.25) is 6.33 Å². The first-order valence-corrected chi connectivity index (χ1v) is 10.5. The quantitative estimate of drug-likeness (QED) is 0.325. The predicted octanol–water partition coefficient (Wildman–Crippen LogP) is 3.57. The lowest BCUT2D eigenvalue weighted by Crippen LogP contribution is -3.00. The van der Waals surface area contributed by atoms with E-state index < -0.39 is 0 Å². The van der Waals surface area contributed by atoms with Gasteiger partial charge in [-0.1, -0.05) is 96.8 Å². The van der Waals surface area contributed by atoms with Crippen molar-refractivity contribution >= 4 is 0 Å². The maximum absolute atomic E-state index is 3.10. The minimum absolute atomic E-state index is 0. The largest absolute Gasteiger partial charge is 1.00 e. The van der Waals surface area contributed by atoms with Gasteiger partial charge >= 0.3 is 0 Å². The molecule has 1 aromatic heterocycles. The summed E-state index contributed by atoms with van der Waals surface area (Å²) < 4.78 is 2.24. The Morgan fingerprint density at radius 2 is 1.04 bits per heavy atom. The van der Waals surface area contributed by atoms with Gasteiger partial charge in [-0.25, -0.2) is 4.57 Å². The highest BCUT2D eigenvalue weighted by Gasteiger charge is 1.97. The highest BCUT2D eigenvalue weighted by Crippen LogP contribution is 2.13. The Hall–Kier alpha value is -0.500. The average molecular weight is 357 g/mol. The van der Waals surface area contributed by atoms with Crippen LogP contribution in [0.2, 0.25) is 0 Å². The summed E-state index contributed by atoms with van der Waals surface area (Å²) >= 11 is 0. The molecular weight excluding hydrogens is 316 g/mol. The van der Waals surface area contributed by atoms with E-state index in [0.717, 1.165) is 0 Å². The Morgan fingerprint density at radius 1 is 0.625 bits per heavy atom. The molecular formula is C21H41ClN2. The molecule has 1 aromatic rings. The topological polar surface area (TPSA) is 19.7 Å². The van der Waals surface area contributed by atoms with Crippen molar-refractivity contribution in [2.24, 2.45) is 0 Å². The molecule has 1 rings (SSSR count). The Balaban J connectivity index is 0.00000529. The highest BCUT2D eigenvalue weighted by atomic mass is 35.5. The second kappa shape index (κ2) is 18.8. The van der Waals surface area contributed by atoms with Crippen LogP contribution in [-0.2, 0) is 6.54 Å². The molecule has 0 aliphatic carbocycles. The minimum atomic E-state index is 0. The number of nitrogens with zero attached hydrogens (tertiary/aromatic N) is 1. The van der Waals surface area contributed by atoms with E-state index in [2.05, 4.69) is 22.7 Å². The minimum Gasteiger partial charge on any atom is -1.00 e. The number of aromatic amines is 1. The average Bonchev–Trinajstić information content (AvgIpc) is 3.08. The van der Waals surface area contributed by atoms with Crippen molar-refractivity contribution in [1.82, 2.24) is 4.98 Å². The van der Waals surface area contributed by atoms with Gasteiger partial charge in [-0.05, 0) is 12.8 Å². The third-order valence-corrected chi connectivity index (χ3v) is 4.87. The van der Waals surface area contributed by atoms with Crippen LogP contribution in [0.3, 0.4) is 0 Å². The molecule has 0 radical (unpaired) electrons. The zero-order valence-electron chi connectivity index (χ0n) is 16.1. The molecule has 24 heavy (non-hydrogen) atoms. The number of aryl methyl sites for hydroxylation is 1. The van der Waals surface area contributed by atoms with Gasteiger partial charge in [0.1, 0.15) is 12.4 Å². The number of hydrogen-bond donors (Lipinski definition) is 1. The van der Waals surface area contributed by atoms with E-state index >= 15 is 0 Å². The van der Waals surface area contributed by atoms with Crippen molar-refractivity contribution in [2.75, 3.05) is 0 Å². The van der Waals surface area contributed by atoms with Crippen molar-refractivity contribution in [2.45, 2.75) is 116 Å². The standard InChI is InChI=1S/C21H40N2.ClH/c1-2-3-4-5-6-7-8-9-10-11-12-13-14-15-16-17-19-23-20-18-22-21-23;/h18,20-21H,2-17,19H2,1H3;1H.